The summed E-state index contributed by atoms with van der Waals surface area (Å²) < 4.78 is 52.0. The number of amides is 6. The molecule has 104 heavy (non-hydrogen) atoms. The fraction of sp³-hybridized carbons (Fsp3) is 0.634. The lowest BCUT2D eigenvalue weighted by Crippen LogP contribution is -2.63. The number of ether oxygens (including phenoxy) is 9. The van der Waals surface area contributed by atoms with Crippen molar-refractivity contribution in [1.82, 2.24) is 20.0 Å². The number of carbonyl (C=O) groups excluding carboxylic acids is 8. The van der Waals surface area contributed by atoms with Crippen LogP contribution in [0.5, 0.6) is 5.75 Å². The van der Waals surface area contributed by atoms with Gasteiger partial charge in [0.25, 0.3) is 0 Å². The number of aliphatic hydroxyl groups excluding tert-OH is 3. The first kappa shape index (κ1) is 83.4. The summed E-state index contributed by atoms with van der Waals surface area (Å²) in [6, 6.07) is 5.18. The summed E-state index contributed by atoms with van der Waals surface area (Å²) in [5.74, 6) is -8.28. The number of fused-ring (bicyclic) bond motifs is 5. The second-order valence-electron chi connectivity index (χ2n) is 27.8. The molecule has 32 nitrogen and oxygen atoms in total. The number of epoxide rings is 1. The van der Waals surface area contributed by atoms with Crippen LogP contribution in [0.4, 0.5) is 21.0 Å². The Morgan fingerprint density at radius 3 is 2.23 bits per heavy atom. The number of likely N-dealkylation sites (N-methyl/N-ethyl adjacent to an activating group) is 1. The van der Waals surface area contributed by atoms with E-state index in [-0.39, 0.29) is 120 Å². The smallest absolute Gasteiger partial charge is 0.410 e. The SMILES string of the molecule is CO[C@@H]1/C=C/C=C(\C)Cc2cc(C)c(Cl)c(c2)N(C)C(=O)C[C@H](OC(=O)[C@H](C)N(C)C(=O)CCC(=O)N(CCOCCOCCC(=O)O)C2CCN(C(=O)OCc3ccc(NC(=O)[C@H](C)CC(=O)[C@@H](N)C(C)C)c(O[C@@H]4O[C@H](C(=O)O)[C@@H](O)[C@H](O)[C@H]4O)c3)CC2)[C@]2(C)OC2[C@H](C)[C@@H]2C[C@]1(O)NC(=O)O2. The molecule has 5 aliphatic heterocycles. The van der Waals surface area contributed by atoms with Crippen molar-refractivity contribution in [2.75, 3.05) is 77.5 Å². The lowest BCUT2D eigenvalue weighted by molar-refractivity contribution is -0.271. The van der Waals surface area contributed by atoms with E-state index in [0.717, 1.165) is 16.0 Å². The Hall–Kier alpha value is -7.89. The molecule has 0 spiro atoms. The third kappa shape index (κ3) is 21.4. The number of anilines is 2. The maximum Gasteiger partial charge on any atom is 0.410 e. The highest BCUT2D eigenvalue weighted by Crippen LogP contribution is 2.49. The number of hydrogen-bond acceptors (Lipinski definition) is 24. The zero-order valence-corrected chi connectivity index (χ0v) is 61.2. The highest BCUT2D eigenvalue weighted by Gasteiger charge is 2.65. The standard InChI is InChI=1S/C71H100ClN7O25/c1-37(2)58(73)48(80)31-40(5)64(89)74-46-16-15-43(33-49(46)100-67-61(88)59(86)60(87)62(103-67)65(90)91)36-99-69(94)78-22-19-45(20-23-78)79(24-26-98-28-27-97-25-21-56(84)85)54(82)18-17-53(81)76(9)42(7)66(92)102-52-34-55(83)77(10)47-32-44(30-39(4)57(47)72)29-38(3)13-12-14-51(96-11)71(95)35-50(101-68(93)75-71)41(6)63-70(52,8)104-63/h12-16,30,32-33,37,40-42,45,50-52,58-63,67,86-88,95H,17-29,31,34-36,73H2,1-11H3,(H,74,89)(H,75,93)(H,84,85)(H,90,91)/b14-12+,38-13+/t40-,41-,42+,50+,51-,52+,58+,59+,60+,61-,62+,63?,67-,70+,71-/m1/s1. The van der Waals surface area contributed by atoms with Crippen LogP contribution in [0.1, 0.15) is 117 Å². The highest BCUT2D eigenvalue weighted by atomic mass is 35.5. The van der Waals surface area contributed by atoms with Crippen molar-refractivity contribution in [3.05, 3.63) is 75.8 Å². The van der Waals surface area contributed by atoms with Gasteiger partial charge in [-0.3, -0.25) is 34.1 Å². The molecule has 576 valence electrons. The number of aliphatic hydroxyl groups is 4. The van der Waals surface area contributed by atoms with E-state index in [9.17, 15) is 73.5 Å². The number of esters is 1. The van der Waals surface area contributed by atoms with Crippen LogP contribution in [0.3, 0.4) is 0 Å². The van der Waals surface area contributed by atoms with E-state index in [1.165, 1.54) is 60.9 Å². The number of halogens is 1. The summed E-state index contributed by atoms with van der Waals surface area (Å²) in [7, 11) is 4.30. The number of rotatable bonds is 28. The number of ketones is 1. The lowest BCUT2D eigenvalue weighted by atomic mass is 9.83. The number of carbonyl (C=O) groups is 10. The predicted molar refractivity (Wildman–Crippen MR) is 370 cm³/mol. The number of aliphatic carboxylic acids is 2. The Morgan fingerprint density at radius 1 is 0.904 bits per heavy atom. The van der Waals surface area contributed by atoms with Crippen LogP contribution >= 0.6 is 11.6 Å². The molecule has 0 radical (unpaired) electrons. The van der Waals surface area contributed by atoms with Gasteiger partial charge in [-0.15, -0.1) is 0 Å². The van der Waals surface area contributed by atoms with Crippen LogP contribution in [-0.2, 0) is 89.3 Å². The lowest BCUT2D eigenvalue weighted by Gasteiger charge is -2.42. The van der Waals surface area contributed by atoms with Gasteiger partial charge in [-0.2, -0.15) is 0 Å². The number of alkyl carbamates (subject to hydrolysis) is 1. The molecular weight excluding hydrogens is 1390 g/mol. The first-order valence-corrected chi connectivity index (χ1v) is 35.0. The minimum absolute atomic E-state index is 0.00338. The summed E-state index contributed by atoms with van der Waals surface area (Å²) in [6.07, 6.45) is -11.5. The van der Waals surface area contributed by atoms with E-state index < -0.39 is 163 Å². The number of Topliss-reactive ketones (excluding diaryl/α,β-unsaturated/α-hetero) is 1. The number of nitrogens with two attached hydrogens (primary N) is 1. The number of nitrogens with zero attached hydrogens (tertiary/aromatic N) is 4. The summed E-state index contributed by atoms with van der Waals surface area (Å²) in [5, 5.41) is 67.8. The molecule has 0 aromatic heterocycles. The van der Waals surface area contributed by atoms with Crippen molar-refractivity contribution in [3.63, 3.8) is 0 Å². The van der Waals surface area contributed by atoms with E-state index in [2.05, 4.69) is 10.6 Å². The second kappa shape index (κ2) is 36.9. The van der Waals surface area contributed by atoms with Gasteiger partial charge in [-0.05, 0) is 87.8 Å². The number of nitrogens with one attached hydrogen (secondary N) is 2. The molecule has 10 N–H and O–H groups in total. The molecule has 15 atom stereocenters. The van der Waals surface area contributed by atoms with Gasteiger partial charge in [0.05, 0.1) is 67.8 Å². The number of carboxylic acid groups (broad SMARTS) is 2. The largest absolute Gasteiger partial charge is 0.481 e. The number of allylic oxidation sites excluding steroid dienone is 3. The average molecular weight is 1490 g/mol. The van der Waals surface area contributed by atoms with Crippen LogP contribution in [0, 0.1) is 24.7 Å². The topological polar surface area (TPSA) is 441 Å². The summed E-state index contributed by atoms with van der Waals surface area (Å²) in [4.78, 5) is 139. The van der Waals surface area contributed by atoms with Gasteiger partial charge in [-0.1, -0.05) is 75.2 Å². The highest BCUT2D eigenvalue weighted by molar-refractivity contribution is 6.34. The number of methoxy groups -OCH3 is 1. The van der Waals surface area contributed by atoms with Gasteiger partial charge in [-0.25, -0.2) is 19.2 Å². The number of aryl methyl sites for hydroxylation is 1. The van der Waals surface area contributed by atoms with Crippen LogP contribution in [0.25, 0.3) is 0 Å². The first-order valence-electron chi connectivity index (χ1n) is 34.7. The van der Waals surface area contributed by atoms with Crippen molar-refractivity contribution in [2.24, 2.45) is 23.5 Å². The zero-order chi connectivity index (χ0) is 76.8. The molecule has 4 saturated heterocycles. The van der Waals surface area contributed by atoms with Gasteiger partial charge in [0.2, 0.25) is 29.9 Å². The fourth-order valence-electron chi connectivity index (χ4n) is 12.8. The second-order valence-corrected chi connectivity index (χ2v) is 28.1. The Balaban J connectivity index is 1.02. The minimum Gasteiger partial charge on any atom is -0.481 e. The number of hydrogen-bond donors (Lipinski definition) is 9. The fourth-order valence-corrected chi connectivity index (χ4v) is 13.1. The van der Waals surface area contributed by atoms with Gasteiger partial charge >= 0.3 is 30.1 Å². The maximum absolute atomic E-state index is 14.6. The molecule has 0 saturated carbocycles. The van der Waals surface area contributed by atoms with Crippen LogP contribution < -0.4 is 26.0 Å². The molecule has 2 aromatic rings. The molecule has 0 aliphatic carbocycles. The monoisotopic (exact) mass is 1490 g/mol. The average Bonchev–Trinajstić information content (AvgIpc) is 1.57. The van der Waals surface area contributed by atoms with Crippen LogP contribution in [0.2, 0.25) is 5.02 Å². The number of benzene rings is 2. The summed E-state index contributed by atoms with van der Waals surface area (Å²) in [5.41, 5.74) is 5.70. The van der Waals surface area contributed by atoms with Gasteiger partial charge in [0.15, 0.2) is 17.6 Å². The Kier molecular flexibility index (Phi) is 29.6. The molecule has 2 aromatic carbocycles. The van der Waals surface area contributed by atoms with Crippen molar-refractivity contribution in [3.8, 4) is 5.75 Å². The zero-order valence-electron chi connectivity index (χ0n) is 60.5. The maximum atomic E-state index is 14.6. The molecular formula is C71H100ClN7O25. The molecule has 4 fully saturated rings. The van der Waals surface area contributed by atoms with E-state index in [1.807, 2.05) is 26.0 Å². The molecule has 5 heterocycles. The molecule has 1 unspecified atom stereocenters. The normalized spacial score (nSPS) is 27.7. The minimum atomic E-state index is -2.05. The van der Waals surface area contributed by atoms with Crippen molar-refractivity contribution in [2.45, 2.75) is 204 Å². The van der Waals surface area contributed by atoms with E-state index in [0.29, 0.717) is 22.7 Å². The predicted octanol–water partition coefficient (Wildman–Crippen LogP) is 3.52. The Labute approximate surface area is 608 Å². The van der Waals surface area contributed by atoms with Gasteiger partial charge < -0.3 is 104 Å². The van der Waals surface area contributed by atoms with Gasteiger partial charge in [0, 0.05) is 84.4 Å². The molecule has 33 heteroatoms. The Bertz CT molecular complexity index is 3500. The third-order valence-corrected chi connectivity index (χ3v) is 20.1. The third-order valence-electron chi connectivity index (χ3n) is 19.6. The van der Waals surface area contributed by atoms with E-state index in [1.54, 1.807) is 53.0 Å². The molecule has 5 aliphatic rings. The molecule has 6 amide bonds. The number of piperidine rings is 1. The molecule has 7 rings (SSSR count). The van der Waals surface area contributed by atoms with E-state index in [4.69, 9.17) is 65.1 Å². The first-order chi connectivity index (χ1) is 49.0. The quantitative estimate of drug-likeness (QED) is 0.0255. The van der Waals surface area contributed by atoms with Crippen molar-refractivity contribution in [1.29, 1.82) is 0 Å². The summed E-state index contributed by atoms with van der Waals surface area (Å²) >= 11 is 6.88. The molecule has 4 bridgehead atoms. The van der Waals surface area contributed by atoms with Crippen molar-refractivity contribution >= 4 is 82.5 Å². The van der Waals surface area contributed by atoms with Crippen molar-refractivity contribution < 1.29 is 121 Å². The Morgan fingerprint density at radius 2 is 1.58 bits per heavy atom. The van der Waals surface area contributed by atoms with E-state index >= 15 is 0 Å². The van der Waals surface area contributed by atoms with Crippen LogP contribution in [0.15, 0.2) is 54.1 Å². The van der Waals surface area contributed by atoms with Crippen LogP contribution in [-0.4, -0.2) is 257 Å². The summed E-state index contributed by atoms with van der Waals surface area (Å²) in [6.45, 7) is 13.4. The number of carboxylic acids is 2. The van der Waals surface area contributed by atoms with Gasteiger partial charge in [0.1, 0.15) is 60.6 Å². The number of likely N-dealkylation sites (tertiary alicyclic amines) is 1.